The molecule has 0 aliphatic carbocycles. The number of hydrogen-bond acceptors (Lipinski definition) is 1. The van der Waals surface area contributed by atoms with E-state index in [9.17, 15) is 4.79 Å². The fourth-order valence-corrected chi connectivity index (χ4v) is 3.66. The first-order valence-electron chi connectivity index (χ1n) is 9.25. The maximum Gasteiger partial charge on any atom is 0.323 e. The van der Waals surface area contributed by atoms with Crippen LogP contribution in [0.15, 0.2) is 97.1 Å². The SMILES string of the molecule is O=C1Nc2cc(-c3ccccc3)ccc2-c2ccc(-c3ccccc3)cc2N1. The molecule has 0 bridgehead atoms. The van der Waals surface area contributed by atoms with Crippen LogP contribution in [0.5, 0.6) is 0 Å². The minimum atomic E-state index is -0.226. The van der Waals surface area contributed by atoms with Crippen molar-refractivity contribution in [3.8, 4) is 33.4 Å². The number of nitrogens with one attached hydrogen (secondary N) is 2. The number of fused-ring (bicyclic) bond motifs is 3. The van der Waals surface area contributed by atoms with Crippen LogP contribution in [-0.2, 0) is 0 Å². The largest absolute Gasteiger partial charge is 0.323 e. The first kappa shape index (κ1) is 16.3. The maximum atomic E-state index is 12.5. The number of benzene rings is 4. The van der Waals surface area contributed by atoms with Crippen LogP contribution in [0.2, 0.25) is 0 Å². The lowest BCUT2D eigenvalue weighted by atomic mass is 9.95. The molecule has 0 saturated heterocycles. The molecule has 1 aliphatic heterocycles. The summed E-state index contributed by atoms with van der Waals surface area (Å²) in [5.74, 6) is 0. The third kappa shape index (κ3) is 2.93. The van der Waals surface area contributed by atoms with Gasteiger partial charge in [0.1, 0.15) is 0 Å². The van der Waals surface area contributed by atoms with E-state index < -0.39 is 0 Å². The standard InChI is InChI=1S/C25H18N2O/c28-25-26-23-15-19(17-7-3-1-4-8-17)11-13-21(23)22-14-12-20(16-24(22)27-25)18-9-5-2-6-10-18/h1-16H,(H2,26,27,28). The Balaban J connectivity index is 1.62. The number of rotatable bonds is 2. The van der Waals surface area contributed by atoms with Gasteiger partial charge in [-0.15, -0.1) is 0 Å². The summed E-state index contributed by atoms with van der Waals surface area (Å²) in [5, 5.41) is 5.98. The third-order valence-electron chi connectivity index (χ3n) is 5.04. The lowest BCUT2D eigenvalue weighted by Crippen LogP contribution is -2.17. The van der Waals surface area contributed by atoms with Crippen LogP contribution in [0.1, 0.15) is 0 Å². The van der Waals surface area contributed by atoms with Crippen LogP contribution in [-0.4, -0.2) is 6.03 Å². The number of amides is 2. The van der Waals surface area contributed by atoms with Crippen LogP contribution in [0.3, 0.4) is 0 Å². The Morgan fingerprint density at radius 3 is 1.32 bits per heavy atom. The first-order valence-corrected chi connectivity index (χ1v) is 9.25. The molecule has 3 nitrogen and oxygen atoms in total. The molecule has 1 heterocycles. The van der Waals surface area contributed by atoms with Gasteiger partial charge in [0.25, 0.3) is 0 Å². The molecule has 0 atom stereocenters. The van der Waals surface area contributed by atoms with Crippen molar-refractivity contribution in [3.05, 3.63) is 97.1 Å². The van der Waals surface area contributed by atoms with Gasteiger partial charge in [0.2, 0.25) is 0 Å². The Bertz CT molecular complexity index is 1070. The van der Waals surface area contributed by atoms with Crippen molar-refractivity contribution in [2.45, 2.75) is 0 Å². The van der Waals surface area contributed by atoms with Crippen molar-refractivity contribution >= 4 is 17.4 Å². The van der Waals surface area contributed by atoms with Gasteiger partial charge in [-0.25, -0.2) is 4.79 Å². The lowest BCUT2D eigenvalue weighted by Gasteiger charge is -2.12. The molecule has 1 aliphatic rings. The van der Waals surface area contributed by atoms with Gasteiger partial charge >= 0.3 is 6.03 Å². The predicted octanol–water partition coefficient (Wildman–Crippen LogP) is 6.65. The normalized spacial score (nSPS) is 12.2. The number of hydrogen-bond donors (Lipinski definition) is 2. The molecule has 5 rings (SSSR count). The van der Waals surface area contributed by atoms with Crippen LogP contribution in [0.25, 0.3) is 33.4 Å². The second kappa shape index (κ2) is 6.71. The van der Waals surface area contributed by atoms with Crippen LogP contribution in [0, 0.1) is 0 Å². The summed E-state index contributed by atoms with van der Waals surface area (Å²) in [4.78, 5) is 12.5. The molecule has 3 heteroatoms. The van der Waals surface area contributed by atoms with Crippen molar-refractivity contribution in [2.24, 2.45) is 0 Å². The van der Waals surface area contributed by atoms with Gasteiger partial charge in [-0.05, 0) is 34.4 Å². The average molecular weight is 362 g/mol. The van der Waals surface area contributed by atoms with E-state index in [0.717, 1.165) is 44.8 Å². The summed E-state index contributed by atoms with van der Waals surface area (Å²) in [7, 11) is 0. The summed E-state index contributed by atoms with van der Waals surface area (Å²) in [6.07, 6.45) is 0. The highest BCUT2D eigenvalue weighted by Gasteiger charge is 2.19. The van der Waals surface area contributed by atoms with Gasteiger partial charge in [-0.2, -0.15) is 0 Å². The molecule has 2 N–H and O–H groups in total. The fourth-order valence-electron chi connectivity index (χ4n) is 3.66. The van der Waals surface area contributed by atoms with Gasteiger partial charge in [-0.1, -0.05) is 84.9 Å². The van der Waals surface area contributed by atoms with Crippen LogP contribution < -0.4 is 10.6 Å². The molecule has 2 amide bonds. The van der Waals surface area contributed by atoms with Crippen molar-refractivity contribution in [1.29, 1.82) is 0 Å². The highest BCUT2D eigenvalue weighted by Crippen LogP contribution is 2.40. The smallest absolute Gasteiger partial charge is 0.307 e. The van der Waals surface area contributed by atoms with Crippen LogP contribution >= 0.6 is 0 Å². The molecule has 134 valence electrons. The van der Waals surface area contributed by atoms with Gasteiger partial charge in [0.05, 0.1) is 11.4 Å². The summed E-state index contributed by atoms with van der Waals surface area (Å²) < 4.78 is 0. The Morgan fingerprint density at radius 1 is 0.464 bits per heavy atom. The van der Waals surface area contributed by atoms with Crippen molar-refractivity contribution in [3.63, 3.8) is 0 Å². The van der Waals surface area contributed by atoms with Crippen molar-refractivity contribution < 1.29 is 4.79 Å². The molecule has 4 aromatic carbocycles. The molecule has 0 fully saturated rings. The van der Waals surface area contributed by atoms with E-state index in [1.165, 1.54) is 0 Å². The first-order chi connectivity index (χ1) is 13.8. The molecule has 28 heavy (non-hydrogen) atoms. The zero-order valence-electron chi connectivity index (χ0n) is 15.1. The topological polar surface area (TPSA) is 41.1 Å². The van der Waals surface area contributed by atoms with Gasteiger partial charge in [0, 0.05) is 11.1 Å². The van der Waals surface area contributed by atoms with E-state index >= 15 is 0 Å². The van der Waals surface area contributed by atoms with Crippen molar-refractivity contribution in [1.82, 2.24) is 0 Å². The Labute approximate surface area is 163 Å². The van der Waals surface area contributed by atoms with Crippen LogP contribution in [0.4, 0.5) is 16.2 Å². The molecule has 0 unspecified atom stereocenters. The van der Waals surface area contributed by atoms with Gasteiger partial charge in [-0.3, -0.25) is 0 Å². The van der Waals surface area contributed by atoms with E-state index in [4.69, 9.17) is 0 Å². The monoisotopic (exact) mass is 362 g/mol. The highest BCUT2D eigenvalue weighted by molar-refractivity contribution is 6.09. The summed E-state index contributed by atoms with van der Waals surface area (Å²) in [6, 6.07) is 32.5. The van der Waals surface area contributed by atoms with E-state index in [0.29, 0.717) is 0 Å². The van der Waals surface area contributed by atoms with E-state index in [1.807, 2.05) is 48.5 Å². The second-order valence-corrected chi connectivity index (χ2v) is 6.83. The van der Waals surface area contributed by atoms with E-state index in [2.05, 4.69) is 59.2 Å². The molecule has 0 aromatic heterocycles. The van der Waals surface area contributed by atoms with E-state index in [-0.39, 0.29) is 6.03 Å². The summed E-state index contributed by atoms with van der Waals surface area (Å²) >= 11 is 0. The Kier molecular flexibility index (Phi) is 3.91. The number of urea groups is 1. The van der Waals surface area contributed by atoms with E-state index in [1.54, 1.807) is 0 Å². The van der Waals surface area contributed by atoms with Gasteiger partial charge < -0.3 is 10.6 Å². The summed E-state index contributed by atoms with van der Waals surface area (Å²) in [6.45, 7) is 0. The number of carbonyl (C=O) groups excluding carboxylic acids is 1. The molecule has 0 radical (unpaired) electrons. The zero-order chi connectivity index (χ0) is 18.9. The number of anilines is 2. The Hall–Kier alpha value is -3.85. The van der Waals surface area contributed by atoms with Crippen molar-refractivity contribution in [2.75, 3.05) is 10.6 Å². The minimum Gasteiger partial charge on any atom is -0.307 e. The third-order valence-corrected chi connectivity index (χ3v) is 5.04. The number of carbonyl (C=O) groups is 1. The quantitative estimate of drug-likeness (QED) is 0.412. The average Bonchev–Trinajstić information content (AvgIpc) is 2.89. The molecular formula is C25H18N2O. The second-order valence-electron chi connectivity index (χ2n) is 6.83. The summed E-state index contributed by atoms with van der Waals surface area (Å²) in [5.41, 5.74) is 8.02. The lowest BCUT2D eigenvalue weighted by molar-refractivity contribution is 0.262. The fraction of sp³-hybridized carbons (Fsp3) is 0. The predicted molar refractivity (Wildman–Crippen MR) is 115 cm³/mol. The molecule has 4 aromatic rings. The molecule has 0 spiro atoms. The highest BCUT2D eigenvalue weighted by atomic mass is 16.2. The van der Waals surface area contributed by atoms with Gasteiger partial charge in [0.15, 0.2) is 0 Å². The maximum absolute atomic E-state index is 12.5. The zero-order valence-corrected chi connectivity index (χ0v) is 15.1. The molecular weight excluding hydrogens is 344 g/mol. The Morgan fingerprint density at radius 2 is 0.893 bits per heavy atom. The minimum absolute atomic E-state index is 0.226. The molecule has 0 saturated carbocycles.